The van der Waals surface area contributed by atoms with E-state index in [4.69, 9.17) is 4.74 Å². The number of benzene rings is 3. The largest absolute Gasteiger partial charge is 0.484 e. The summed E-state index contributed by atoms with van der Waals surface area (Å²) in [6.45, 7) is 1.58. The van der Waals surface area contributed by atoms with Crippen LogP contribution in [0, 0.1) is 17.0 Å². The van der Waals surface area contributed by atoms with Crippen LogP contribution >= 0.6 is 0 Å². The number of carbonyl (C=O) groups excluding carboxylic acids is 2. The minimum absolute atomic E-state index is 0.0540. The van der Waals surface area contributed by atoms with Crippen LogP contribution in [0.25, 0.3) is 0 Å². The highest BCUT2D eigenvalue weighted by molar-refractivity contribution is 6.04. The molecule has 8 heteroatoms. The number of aryl methyl sites for hydroxylation is 1. The fourth-order valence-corrected chi connectivity index (χ4v) is 2.68. The topological polar surface area (TPSA) is 111 Å². The molecule has 0 radical (unpaired) electrons. The third-order valence-corrected chi connectivity index (χ3v) is 4.21. The Morgan fingerprint density at radius 1 is 0.967 bits per heavy atom. The molecule has 0 saturated carbocycles. The summed E-state index contributed by atoms with van der Waals surface area (Å²) in [6.07, 6.45) is 0. The summed E-state index contributed by atoms with van der Waals surface area (Å²) in [5.74, 6) is -0.244. The maximum absolute atomic E-state index is 12.3. The highest BCUT2D eigenvalue weighted by Gasteiger charge is 2.10. The van der Waals surface area contributed by atoms with Crippen LogP contribution in [0.2, 0.25) is 0 Å². The van der Waals surface area contributed by atoms with Crippen LogP contribution in [-0.4, -0.2) is 23.3 Å². The molecule has 0 heterocycles. The zero-order valence-corrected chi connectivity index (χ0v) is 16.1. The standard InChI is InChI=1S/C22H19N3O5/c1-15-13-17(7-12-20(15)24-22(27)16-5-3-2-4-6-16)23-21(26)14-30-19-10-8-18(9-11-19)25(28)29/h2-13H,14H2,1H3,(H,23,26)(H,24,27). The summed E-state index contributed by atoms with van der Waals surface area (Å²) in [7, 11) is 0. The first kappa shape index (κ1) is 20.5. The van der Waals surface area contributed by atoms with Crippen molar-refractivity contribution in [1.82, 2.24) is 0 Å². The Labute approximate surface area is 172 Å². The average molecular weight is 405 g/mol. The Bertz CT molecular complexity index is 1070. The second-order valence-corrected chi connectivity index (χ2v) is 6.44. The maximum Gasteiger partial charge on any atom is 0.269 e. The number of amides is 2. The van der Waals surface area contributed by atoms with E-state index in [2.05, 4.69) is 10.6 Å². The third-order valence-electron chi connectivity index (χ3n) is 4.21. The number of hydrogen-bond donors (Lipinski definition) is 2. The lowest BCUT2D eigenvalue weighted by molar-refractivity contribution is -0.384. The monoisotopic (exact) mass is 405 g/mol. The van der Waals surface area contributed by atoms with Gasteiger partial charge < -0.3 is 15.4 Å². The van der Waals surface area contributed by atoms with E-state index in [9.17, 15) is 19.7 Å². The van der Waals surface area contributed by atoms with Gasteiger partial charge in [0, 0.05) is 29.1 Å². The summed E-state index contributed by atoms with van der Waals surface area (Å²) in [6, 6.07) is 19.5. The van der Waals surface area contributed by atoms with Gasteiger partial charge in [-0.2, -0.15) is 0 Å². The summed E-state index contributed by atoms with van der Waals surface area (Å²) in [5.41, 5.74) is 2.49. The van der Waals surface area contributed by atoms with E-state index in [0.717, 1.165) is 5.56 Å². The minimum Gasteiger partial charge on any atom is -0.484 e. The zero-order valence-electron chi connectivity index (χ0n) is 16.1. The van der Waals surface area contributed by atoms with Gasteiger partial charge >= 0.3 is 0 Å². The SMILES string of the molecule is Cc1cc(NC(=O)COc2ccc([N+](=O)[O-])cc2)ccc1NC(=O)c1ccccc1. The molecule has 0 aliphatic heterocycles. The summed E-state index contributed by atoms with van der Waals surface area (Å²) >= 11 is 0. The Balaban J connectivity index is 1.55. The summed E-state index contributed by atoms with van der Waals surface area (Å²) < 4.78 is 5.34. The lowest BCUT2D eigenvalue weighted by Gasteiger charge is -2.12. The van der Waals surface area contributed by atoms with Crippen LogP contribution < -0.4 is 15.4 Å². The van der Waals surface area contributed by atoms with Gasteiger partial charge in [-0.1, -0.05) is 18.2 Å². The van der Waals surface area contributed by atoms with E-state index in [1.54, 1.807) is 42.5 Å². The maximum atomic E-state index is 12.3. The highest BCUT2D eigenvalue weighted by Crippen LogP contribution is 2.21. The number of nitro groups is 1. The molecule has 3 rings (SSSR count). The summed E-state index contributed by atoms with van der Waals surface area (Å²) in [4.78, 5) is 34.5. The molecule has 30 heavy (non-hydrogen) atoms. The van der Waals surface area contributed by atoms with Crippen molar-refractivity contribution >= 4 is 28.9 Å². The first-order valence-corrected chi connectivity index (χ1v) is 9.06. The van der Waals surface area contributed by atoms with Crippen molar-refractivity contribution in [3.63, 3.8) is 0 Å². The van der Waals surface area contributed by atoms with Gasteiger partial charge in [0.05, 0.1) is 4.92 Å². The Morgan fingerprint density at radius 3 is 2.30 bits per heavy atom. The van der Waals surface area contributed by atoms with Crippen LogP contribution in [0.5, 0.6) is 5.75 Å². The third kappa shape index (κ3) is 5.41. The normalized spacial score (nSPS) is 10.2. The van der Waals surface area contributed by atoms with E-state index in [1.165, 1.54) is 24.3 Å². The van der Waals surface area contributed by atoms with Gasteiger partial charge in [-0.15, -0.1) is 0 Å². The molecule has 3 aromatic rings. The molecule has 152 valence electrons. The molecule has 3 aromatic carbocycles. The minimum atomic E-state index is -0.509. The van der Waals surface area contributed by atoms with Crippen molar-refractivity contribution in [2.75, 3.05) is 17.2 Å². The van der Waals surface area contributed by atoms with E-state index in [1.807, 2.05) is 13.0 Å². The number of nitrogens with zero attached hydrogens (tertiary/aromatic N) is 1. The van der Waals surface area contributed by atoms with E-state index < -0.39 is 4.92 Å². The molecule has 0 aliphatic rings. The van der Waals surface area contributed by atoms with E-state index in [-0.39, 0.29) is 24.1 Å². The number of carbonyl (C=O) groups is 2. The van der Waals surface area contributed by atoms with Gasteiger partial charge in [-0.05, 0) is 55.0 Å². The Kier molecular flexibility index (Phi) is 6.39. The summed E-state index contributed by atoms with van der Waals surface area (Å²) in [5, 5.41) is 16.2. The number of anilines is 2. The van der Waals surface area contributed by atoms with Crippen molar-refractivity contribution in [2.24, 2.45) is 0 Å². The van der Waals surface area contributed by atoms with Crippen LogP contribution in [-0.2, 0) is 4.79 Å². The van der Waals surface area contributed by atoms with Crippen molar-refractivity contribution < 1.29 is 19.2 Å². The zero-order chi connectivity index (χ0) is 21.5. The number of rotatable bonds is 7. The van der Waals surface area contributed by atoms with Gasteiger partial charge in [-0.3, -0.25) is 19.7 Å². The average Bonchev–Trinajstić information content (AvgIpc) is 2.75. The van der Waals surface area contributed by atoms with Gasteiger partial charge in [0.15, 0.2) is 6.61 Å². The first-order valence-electron chi connectivity index (χ1n) is 9.06. The van der Waals surface area contributed by atoms with Crippen LogP contribution in [0.1, 0.15) is 15.9 Å². The van der Waals surface area contributed by atoms with Crippen LogP contribution in [0.3, 0.4) is 0 Å². The molecule has 0 aromatic heterocycles. The van der Waals surface area contributed by atoms with Crippen molar-refractivity contribution in [3.8, 4) is 5.75 Å². The molecule has 2 amide bonds. The molecular weight excluding hydrogens is 386 g/mol. The number of non-ortho nitro benzene ring substituents is 1. The molecule has 0 unspecified atom stereocenters. The predicted molar refractivity (Wildman–Crippen MR) is 113 cm³/mol. The van der Waals surface area contributed by atoms with Gasteiger partial charge in [0.1, 0.15) is 5.75 Å². The molecule has 0 saturated heterocycles. The molecule has 0 fully saturated rings. The number of nitrogens with one attached hydrogen (secondary N) is 2. The van der Waals surface area contributed by atoms with Crippen molar-refractivity contribution in [2.45, 2.75) is 6.92 Å². The Hall–Kier alpha value is -4.20. The Morgan fingerprint density at radius 2 is 1.67 bits per heavy atom. The van der Waals surface area contributed by atoms with E-state index >= 15 is 0 Å². The molecule has 8 nitrogen and oxygen atoms in total. The predicted octanol–water partition coefficient (Wildman–Crippen LogP) is 4.17. The number of ether oxygens (including phenoxy) is 1. The quantitative estimate of drug-likeness (QED) is 0.453. The lowest BCUT2D eigenvalue weighted by atomic mass is 10.1. The molecular formula is C22H19N3O5. The number of nitro benzene ring substituents is 1. The van der Waals surface area contributed by atoms with E-state index in [0.29, 0.717) is 22.7 Å². The first-order chi connectivity index (χ1) is 14.4. The van der Waals surface area contributed by atoms with Gasteiger partial charge in [-0.25, -0.2) is 0 Å². The molecule has 0 aliphatic carbocycles. The highest BCUT2D eigenvalue weighted by atomic mass is 16.6. The second-order valence-electron chi connectivity index (χ2n) is 6.44. The second kappa shape index (κ2) is 9.33. The lowest BCUT2D eigenvalue weighted by Crippen LogP contribution is -2.20. The molecule has 0 bridgehead atoms. The molecule has 0 atom stereocenters. The van der Waals surface area contributed by atoms with Crippen molar-refractivity contribution in [1.29, 1.82) is 0 Å². The van der Waals surface area contributed by atoms with Gasteiger partial charge in [0.25, 0.3) is 17.5 Å². The van der Waals surface area contributed by atoms with Crippen LogP contribution in [0.4, 0.5) is 17.1 Å². The molecule has 2 N–H and O–H groups in total. The molecule has 0 spiro atoms. The van der Waals surface area contributed by atoms with Crippen LogP contribution in [0.15, 0.2) is 72.8 Å². The number of hydrogen-bond acceptors (Lipinski definition) is 5. The fraction of sp³-hybridized carbons (Fsp3) is 0.0909. The fourth-order valence-electron chi connectivity index (χ4n) is 2.68. The van der Waals surface area contributed by atoms with Gasteiger partial charge in [0.2, 0.25) is 0 Å². The van der Waals surface area contributed by atoms with Crippen molar-refractivity contribution in [3.05, 3.63) is 94.0 Å². The smallest absolute Gasteiger partial charge is 0.269 e.